The Morgan fingerprint density at radius 3 is 2.22 bits per heavy atom. The number of nitrogens with one attached hydrogen (secondary N) is 1. The van der Waals surface area contributed by atoms with Crippen LogP contribution in [0.4, 0.5) is 13.2 Å². The second-order valence-electron chi connectivity index (χ2n) is 5.60. The van der Waals surface area contributed by atoms with Gasteiger partial charge in [0.2, 0.25) is 0 Å². The second-order valence-corrected chi connectivity index (χ2v) is 5.60. The zero-order chi connectivity index (χ0) is 16.2. The molecule has 23 heavy (non-hydrogen) atoms. The summed E-state index contributed by atoms with van der Waals surface area (Å²) in [4.78, 5) is 0. The first-order valence-corrected chi connectivity index (χ1v) is 7.33. The molecule has 1 nitrogen and oxygen atoms in total. The van der Waals surface area contributed by atoms with E-state index in [9.17, 15) is 13.2 Å². The minimum Gasteiger partial charge on any atom is -0.307 e. The summed E-state index contributed by atoms with van der Waals surface area (Å²) in [6.07, 6.45) is -3.73. The van der Waals surface area contributed by atoms with Gasteiger partial charge in [0.1, 0.15) is 0 Å². The van der Waals surface area contributed by atoms with Crippen molar-refractivity contribution in [2.75, 3.05) is 0 Å². The zero-order valence-electron chi connectivity index (χ0n) is 13.1. The van der Waals surface area contributed by atoms with Gasteiger partial charge in [-0.1, -0.05) is 48.5 Å². The molecule has 1 N–H and O–H groups in total. The fourth-order valence-electron chi connectivity index (χ4n) is 2.55. The molecule has 0 saturated heterocycles. The Bertz CT molecular complexity index is 599. The number of alkyl halides is 3. The molecule has 0 aliphatic heterocycles. The summed E-state index contributed by atoms with van der Waals surface area (Å²) in [6.45, 7) is 4.04. The Kier molecular flexibility index (Phi) is 7.10. The molecule has 0 spiro atoms. The maximum absolute atomic E-state index is 12.7. The summed E-state index contributed by atoms with van der Waals surface area (Å²) in [5.41, 5.74) is 1.27. The molecule has 0 aliphatic rings. The molecule has 0 aliphatic carbocycles. The molecular formula is C18H21ClF3N. The summed E-state index contributed by atoms with van der Waals surface area (Å²) in [5.74, 6) is 0. The molecule has 0 heterocycles. The van der Waals surface area contributed by atoms with E-state index < -0.39 is 11.7 Å². The number of rotatable bonds is 5. The van der Waals surface area contributed by atoms with Crippen LogP contribution >= 0.6 is 12.4 Å². The van der Waals surface area contributed by atoms with Crippen molar-refractivity contribution in [3.8, 4) is 0 Å². The van der Waals surface area contributed by atoms with Gasteiger partial charge in [0.25, 0.3) is 0 Å². The normalized spacial score (nSPS) is 14.0. The van der Waals surface area contributed by atoms with Crippen molar-refractivity contribution >= 4 is 12.4 Å². The van der Waals surface area contributed by atoms with Crippen LogP contribution in [0.5, 0.6) is 0 Å². The first-order chi connectivity index (χ1) is 10.4. The van der Waals surface area contributed by atoms with Gasteiger partial charge in [0, 0.05) is 12.1 Å². The second kappa shape index (κ2) is 8.37. The van der Waals surface area contributed by atoms with Crippen LogP contribution in [0.25, 0.3) is 0 Å². The van der Waals surface area contributed by atoms with E-state index in [0.29, 0.717) is 12.0 Å². The third-order valence-corrected chi connectivity index (χ3v) is 3.63. The Hall–Kier alpha value is -1.52. The van der Waals surface area contributed by atoms with Gasteiger partial charge >= 0.3 is 6.18 Å². The van der Waals surface area contributed by atoms with E-state index in [-0.39, 0.29) is 24.5 Å². The van der Waals surface area contributed by atoms with Gasteiger partial charge in [-0.05, 0) is 37.5 Å². The fourth-order valence-corrected chi connectivity index (χ4v) is 2.55. The predicted molar refractivity (Wildman–Crippen MR) is 89.9 cm³/mol. The molecule has 2 atom stereocenters. The Morgan fingerprint density at radius 1 is 0.957 bits per heavy atom. The van der Waals surface area contributed by atoms with E-state index in [1.807, 2.05) is 37.3 Å². The fraction of sp³-hybridized carbons (Fsp3) is 0.333. The molecule has 5 heteroatoms. The van der Waals surface area contributed by atoms with Gasteiger partial charge in [0.05, 0.1) is 5.56 Å². The van der Waals surface area contributed by atoms with E-state index in [1.165, 1.54) is 17.7 Å². The summed E-state index contributed by atoms with van der Waals surface area (Å²) in [5, 5.41) is 3.42. The quantitative estimate of drug-likeness (QED) is 0.765. The smallest absolute Gasteiger partial charge is 0.307 e. The standard InChI is InChI=1S/C18H20F3N.ClH/c1-13(22-14(2)16-8-4-3-5-9-16)11-15-7-6-10-17(12-15)18(19,20)21;/h3-10,12-14,22H,11H2,1-2H3;1H/t13?,14-;/m0./s1. The molecule has 2 rings (SSSR count). The lowest BCUT2D eigenvalue weighted by Gasteiger charge is -2.21. The van der Waals surface area contributed by atoms with Crippen LogP contribution < -0.4 is 5.32 Å². The molecule has 1 unspecified atom stereocenters. The van der Waals surface area contributed by atoms with Crippen molar-refractivity contribution in [2.45, 2.75) is 38.5 Å². The maximum Gasteiger partial charge on any atom is 0.416 e. The van der Waals surface area contributed by atoms with Gasteiger partial charge in [-0.2, -0.15) is 13.2 Å². The van der Waals surface area contributed by atoms with Crippen LogP contribution in [-0.2, 0) is 12.6 Å². The van der Waals surface area contributed by atoms with Gasteiger partial charge in [-0.15, -0.1) is 12.4 Å². The van der Waals surface area contributed by atoms with Crippen molar-refractivity contribution < 1.29 is 13.2 Å². The van der Waals surface area contributed by atoms with Crippen LogP contribution in [0.15, 0.2) is 54.6 Å². The lowest BCUT2D eigenvalue weighted by Crippen LogP contribution is -2.30. The summed E-state index contributed by atoms with van der Waals surface area (Å²) in [6, 6.07) is 15.8. The van der Waals surface area contributed by atoms with Crippen LogP contribution in [-0.4, -0.2) is 6.04 Å². The van der Waals surface area contributed by atoms with Crippen LogP contribution in [0.1, 0.15) is 36.6 Å². The van der Waals surface area contributed by atoms with Crippen molar-refractivity contribution in [1.29, 1.82) is 0 Å². The topological polar surface area (TPSA) is 12.0 Å². The first-order valence-electron chi connectivity index (χ1n) is 7.33. The molecule has 0 bridgehead atoms. The number of benzene rings is 2. The molecule has 126 valence electrons. The van der Waals surface area contributed by atoms with Gasteiger partial charge in [-0.25, -0.2) is 0 Å². The first kappa shape index (κ1) is 19.5. The van der Waals surface area contributed by atoms with Crippen molar-refractivity contribution in [1.82, 2.24) is 5.32 Å². The monoisotopic (exact) mass is 343 g/mol. The molecule has 0 saturated carbocycles. The third-order valence-electron chi connectivity index (χ3n) is 3.63. The lowest BCUT2D eigenvalue weighted by atomic mass is 10.0. The SMILES string of the molecule is CC(Cc1cccc(C(F)(F)F)c1)N[C@@H](C)c1ccccc1.Cl. The average Bonchev–Trinajstić information content (AvgIpc) is 2.47. The molecule has 0 amide bonds. The van der Waals surface area contributed by atoms with Crippen LogP contribution in [0.3, 0.4) is 0 Å². The lowest BCUT2D eigenvalue weighted by molar-refractivity contribution is -0.137. The molecule has 0 aromatic heterocycles. The highest BCUT2D eigenvalue weighted by molar-refractivity contribution is 5.85. The van der Waals surface area contributed by atoms with Gasteiger partial charge in [-0.3, -0.25) is 0 Å². The summed E-state index contributed by atoms with van der Waals surface area (Å²) in [7, 11) is 0. The van der Waals surface area contributed by atoms with E-state index in [0.717, 1.165) is 6.07 Å². The van der Waals surface area contributed by atoms with Crippen molar-refractivity contribution in [3.63, 3.8) is 0 Å². The number of hydrogen-bond donors (Lipinski definition) is 1. The van der Waals surface area contributed by atoms with E-state index in [2.05, 4.69) is 12.2 Å². The highest BCUT2D eigenvalue weighted by Gasteiger charge is 2.30. The van der Waals surface area contributed by atoms with Crippen molar-refractivity contribution in [3.05, 3.63) is 71.3 Å². The molecule has 2 aromatic rings. The molecular weight excluding hydrogens is 323 g/mol. The largest absolute Gasteiger partial charge is 0.416 e. The molecule has 2 aromatic carbocycles. The summed E-state index contributed by atoms with van der Waals surface area (Å²) >= 11 is 0. The van der Waals surface area contributed by atoms with Crippen LogP contribution in [0, 0.1) is 0 Å². The minimum atomic E-state index is -4.29. The van der Waals surface area contributed by atoms with E-state index >= 15 is 0 Å². The Labute approximate surface area is 141 Å². The van der Waals surface area contributed by atoms with Crippen molar-refractivity contribution in [2.24, 2.45) is 0 Å². The summed E-state index contributed by atoms with van der Waals surface area (Å²) < 4.78 is 38.2. The maximum atomic E-state index is 12.7. The van der Waals surface area contributed by atoms with Gasteiger partial charge in [0.15, 0.2) is 0 Å². The minimum absolute atomic E-state index is 0. The number of hydrogen-bond acceptors (Lipinski definition) is 1. The average molecular weight is 344 g/mol. The van der Waals surface area contributed by atoms with E-state index in [4.69, 9.17) is 0 Å². The van der Waals surface area contributed by atoms with Crippen LogP contribution in [0.2, 0.25) is 0 Å². The Morgan fingerprint density at radius 2 is 1.61 bits per heavy atom. The third kappa shape index (κ3) is 5.88. The zero-order valence-corrected chi connectivity index (χ0v) is 13.9. The highest BCUT2D eigenvalue weighted by atomic mass is 35.5. The highest BCUT2D eigenvalue weighted by Crippen LogP contribution is 2.29. The number of halogens is 4. The molecule has 0 fully saturated rings. The predicted octanol–water partition coefficient (Wildman–Crippen LogP) is 5.41. The van der Waals surface area contributed by atoms with E-state index in [1.54, 1.807) is 6.07 Å². The molecule has 0 radical (unpaired) electrons. The Balaban J connectivity index is 0.00000264. The van der Waals surface area contributed by atoms with Gasteiger partial charge < -0.3 is 5.32 Å².